The van der Waals surface area contributed by atoms with E-state index in [1.807, 2.05) is 6.92 Å². The second-order valence-electron chi connectivity index (χ2n) is 2.97. The van der Waals surface area contributed by atoms with Crippen molar-refractivity contribution < 1.29 is 4.74 Å². The first-order valence-corrected chi connectivity index (χ1v) is 4.53. The Balaban J connectivity index is 2.46. The van der Waals surface area contributed by atoms with E-state index in [0.29, 0.717) is 30.2 Å². The molecule has 0 radical (unpaired) electrons. The summed E-state index contributed by atoms with van der Waals surface area (Å²) in [4.78, 5) is 24.6. The molecule has 0 aliphatic heterocycles. The number of hydrogen-bond acceptors (Lipinski definition) is 5. The molecule has 0 fully saturated rings. The zero-order chi connectivity index (χ0) is 10.8. The summed E-state index contributed by atoms with van der Waals surface area (Å²) in [6.07, 6.45) is 0. The largest absolute Gasteiger partial charge is 0.374 e. The van der Waals surface area contributed by atoms with Gasteiger partial charge in [0.15, 0.2) is 11.2 Å². The van der Waals surface area contributed by atoms with Crippen molar-refractivity contribution in [2.24, 2.45) is 0 Å². The Labute approximate surface area is 84.7 Å². The third-order valence-corrected chi connectivity index (χ3v) is 1.87. The molecule has 15 heavy (non-hydrogen) atoms. The fraction of sp³-hybridized carbons (Fsp3) is 0.375. The molecule has 2 heterocycles. The molecule has 7 nitrogen and oxygen atoms in total. The Bertz CT molecular complexity index is 529. The van der Waals surface area contributed by atoms with E-state index >= 15 is 0 Å². The number of nitrogens with two attached hydrogens (primary N) is 1. The Kier molecular flexibility index (Phi) is 2.38. The van der Waals surface area contributed by atoms with E-state index < -0.39 is 0 Å². The quantitative estimate of drug-likeness (QED) is 0.646. The summed E-state index contributed by atoms with van der Waals surface area (Å²) >= 11 is 0. The van der Waals surface area contributed by atoms with Gasteiger partial charge in [-0.3, -0.25) is 9.78 Å². The zero-order valence-electron chi connectivity index (χ0n) is 8.20. The van der Waals surface area contributed by atoms with Gasteiger partial charge in [-0.1, -0.05) is 0 Å². The molecule has 0 saturated heterocycles. The molecule has 2 aromatic heterocycles. The molecule has 0 atom stereocenters. The molecular formula is C8H11N5O2. The van der Waals surface area contributed by atoms with Crippen LogP contribution in [0.5, 0.6) is 0 Å². The topological polar surface area (TPSA) is 110 Å². The highest BCUT2D eigenvalue weighted by atomic mass is 16.5. The lowest BCUT2D eigenvalue weighted by Gasteiger charge is -1.94. The number of aromatic amines is 2. The molecule has 0 amide bonds. The second kappa shape index (κ2) is 3.70. The first kappa shape index (κ1) is 9.66. The summed E-state index contributed by atoms with van der Waals surface area (Å²) in [5, 5.41) is 0. The van der Waals surface area contributed by atoms with Gasteiger partial charge in [-0.25, -0.2) is 4.98 Å². The Morgan fingerprint density at radius 2 is 2.20 bits per heavy atom. The van der Waals surface area contributed by atoms with Gasteiger partial charge < -0.3 is 15.5 Å². The lowest BCUT2D eigenvalue weighted by Crippen LogP contribution is -2.10. The van der Waals surface area contributed by atoms with E-state index in [2.05, 4.69) is 19.9 Å². The van der Waals surface area contributed by atoms with Gasteiger partial charge in [0.25, 0.3) is 5.56 Å². The summed E-state index contributed by atoms with van der Waals surface area (Å²) in [5.41, 5.74) is 5.69. The van der Waals surface area contributed by atoms with Gasteiger partial charge in [0, 0.05) is 6.61 Å². The van der Waals surface area contributed by atoms with Crippen molar-refractivity contribution in [3.05, 3.63) is 16.2 Å². The number of nitrogen functional groups attached to an aromatic ring is 1. The second-order valence-corrected chi connectivity index (χ2v) is 2.97. The Hall–Kier alpha value is -1.89. The molecule has 7 heteroatoms. The first-order valence-electron chi connectivity index (χ1n) is 4.53. The van der Waals surface area contributed by atoms with E-state index in [-0.39, 0.29) is 11.5 Å². The number of ether oxygens (including phenoxy) is 1. The molecule has 0 unspecified atom stereocenters. The molecule has 0 aliphatic rings. The van der Waals surface area contributed by atoms with Crippen LogP contribution in [0.15, 0.2) is 4.79 Å². The minimum Gasteiger partial charge on any atom is -0.374 e. The lowest BCUT2D eigenvalue weighted by atomic mass is 10.5. The number of rotatable bonds is 3. The first-order chi connectivity index (χ1) is 7.20. The minimum atomic E-state index is -0.326. The number of anilines is 1. The van der Waals surface area contributed by atoms with E-state index in [9.17, 15) is 4.79 Å². The van der Waals surface area contributed by atoms with E-state index in [0.717, 1.165) is 0 Å². The summed E-state index contributed by atoms with van der Waals surface area (Å²) < 4.78 is 5.15. The van der Waals surface area contributed by atoms with Crippen LogP contribution < -0.4 is 11.3 Å². The minimum absolute atomic E-state index is 0.0574. The number of nitrogens with zero attached hydrogens (tertiary/aromatic N) is 2. The highest BCUT2D eigenvalue weighted by Crippen LogP contribution is 2.05. The van der Waals surface area contributed by atoms with E-state index in [4.69, 9.17) is 10.5 Å². The smallest absolute Gasteiger partial charge is 0.278 e. The zero-order valence-corrected chi connectivity index (χ0v) is 8.20. The van der Waals surface area contributed by atoms with Crippen LogP contribution in [0.2, 0.25) is 0 Å². The van der Waals surface area contributed by atoms with Crippen LogP contribution in [0, 0.1) is 0 Å². The average Bonchev–Trinajstić information content (AvgIpc) is 2.57. The van der Waals surface area contributed by atoms with Crippen LogP contribution in [0.1, 0.15) is 12.7 Å². The van der Waals surface area contributed by atoms with Crippen LogP contribution in [0.25, 0.3) is 11.2 Å². The highest BCUT2D eigenvalue weighted by Gasteiger charge is 2.07. The maximum atomic E-state index is 11.4. The normalized spacial score (nSPS) is 11.0. The molecule has 0 aromatic carbocycles. The van der Waals surface area contributed by atoms with Gasteiger partial charge in [0.1, 0.15) is 12.4 Å². The molecule has 4 N–H and O–H groups in total. The molecule has 2 aromatic rings. The summed E-state index contributed by atoms with van der Waals surface area (Å²) in [7, 11) is 0. The molecule has 0 aliphatic carbocycles. The van der Waals surface area contributed by atoms with Crippen molar-refractivity contribution in [1.29, 1.82) is 0 Å². The third kappa shape index (κ3) is 1.82. The van der Waals surface area contributed by atoms with Crippen LogP contribution in [0.3, 0.4) is 0 Å². The summed E-state index contributed by atoms with van der Waals surface area (Å²) in [6.45, 7) is 2.79. The van der Waals surface area contributed by atoms with Crippen LogP contribution >= 0.6 is 0 Å². The van der Waals surface area contributed by atoms with Crippen molar-refractivity contribution >= 4 is 17.1 Å². The third-order valence-electron chi connectivity index (χ3n) is 1.87. The predicted molar refractivity (Wildman–Crippen MR) is 54.3 cm³/mol. The molecule has 0 bridgehead atoms. The van der Waals surface area contributed by atoms with Gasteiger partial charge in [-0.05, 0) is 6.92 Å². The number of H-pyrrole nitrogens is 2. The maximum Gasteiger partial charge on any atom is 0.278 e. The Morgan fingerprint density at radius 3 is 2.93 bits per heavy atom. The number of fused-ring (bicyclic) bond motifs is 1. The van der Waals surface area contributed by atoms with Crippen molar-refractivity contribution in [1.82, 2.24) is 19.9 Å². The maximum absolute atomic E-state index is 11.4. The monoisotopic (exact) mass is 209 g/mol. The van der Waals surface area contributed by atoms with Gasteiger partial charge in [-0.15, -0.1) is 0 Å². The standard InChI is InChI=1S/C8H11N5O2/c1-2-15-3-4-10-5-6(11-4)12-8(9)13-7(5)14/h2-3H2,1H3,(H4,9,10,11,12,13,14). The lowest BCUT2D eigenvalue weighted by molar-refractivity contribution is 0.129. The van der Waals surface area contributed by atoms with E-state index in [1.54, 1.807) is 0 Å². The van der Waals surface area contributed by atoms with Gasteiger partial charge in [-0.2, -0.15) is 4.98 Å². The highest BCUT2D eigenvalue weighted by molar-refractivity contribution is 5.70. The van der Waals surface area contributed by atoms with Crippen molar-refractivity contribution in [3.63, 3.8) is 0 Å². The molecule has 0 saturated carbocycles. The number of nitrogens with one attached hydrogen (secondary N) is 2. The van der Waals surface area contributed by atoms with Crippen molar-refractivity contribution in [2.45, 2.75) is 13.5 Å². The van der Waals surface area contributed by atoms with Crippen molar-refractivity contribution in [2.75, 3.05) is 12.3 Å². The van der Waals surface area contributed by atoms with Crippen LogP contribution in [-0.2, 0) is 11.3 Å². The molecule has 80 valence electrons. The SMILES string of the molecule is CCOCc1nc2nc(N)[nH]c(=O)c2[nH]1. The Morgan fingerprint density at radius 1 is 1.40 bits per heavy atom. The number of imidazole rings is 1. The number of aromatic nitrogens is 4. The average molecular weight is 209 g/mol. The van der Waals surface area contributed by atoms with E-state index in [1.165, 1.54) is 0 Å². The summed E-state index contributed by atoms with van der Waals surface area (Å²) in [6, 6.07) is 0. The van der Waals surface area contributed by atoms with Gasteiger partial charge >= 0.3 is 0 Å². The van der Waals surface area contributed by atoms with Crippen LogP contribution in [0.4, 0.5) is 5.95 Å². The van der Waals surface area contributed by atoms with Gasteiger partial charge in [0.05, 0.1) is 0 Å². The molecular weight excluding hydrogens is 198 g/mol. The number of hydrogen-bond donors (Lipinski definition) is 3. The fourth-order valence-corrected chi connectivity index (χ4v) is 1.24. The summed E-state index contributed by atoms with van der Waals surface area (Å²) in [5.74, 6) is 0.623. The van der Waals surface area contributed by atoms with Crippen LogP contribution in [-0.4, -0.2) is 26.5 Å². The predicted octanol–water partition coefficient (Wildman–Crippen LogP) is -0.235. The molecule has 2 rings (SSSR count). The van der Waals surface area contributed by atoms with Gasteiger partial charge in [0.2, 0.25) is 5.95 Å². The fourth-order valence-electron chi connectivity index (χ4n) is 1.24. The van der Waals surface area contributed by atoms with Crippen molar-refractivity contribution in [3.8, 4) is 0 Å². The molecule has 0 spiro atoms.